The highest BCUT2D eigenvalue weighted by Gasteiger charge is 2.15. The van der Waals surface area contributed by atoms with Gasteiger partial charge in [-0.1, -0.05) is 0 Å². The lowest BCUT2D eigenvalue weighted by molar-refractivity contribution is -0.137. The second-order valence-electron chi connectivity index (χ2n) is 3.61. The number of carboxylic acid groups (broad SMARTS) is 1. The smallest absolute Gasteiger partial charge is 0.303 e. The zero-order valence-corrected chi connectivity index (χ0v) is 9.59. The number of anilines is 1. The molecule has 1 rings (SSSR count). The molecule has 1 heterocycles. The quantitative estimate of drug-likeness (QED) is 0.650. The van der Waals surface area contributed by atoms with Gasteiger partial charge in [-0.3, -0.25) is 14.3 Å². The minimum Gasteiger partial charge on any atom is -0.481 e. The molecule has 1 amide bonds. The summed E-state index contributed by atoms with van der Waals surface area (Å²) in [5, 5.41) is 15.0. The zero-order chi connectivity index (χ0) is 12.8. The van der Waals surface area contributed by atoms with Gasteiger partial charge < -0.3 is 16.2 Å². The molecule has 0 spiro atoms. The number of carbonyl (C=O) groups is 2. The van der Waals surface area contributed by atoms with Crippen molar-refractivity contribution in [3.63, 3.8) is 0 Å². The molecular weight excluding hydrogens is 224 g/mol. The number of aliphatic carboxylic acids is 1. The van der Waals surface area contributed by atoms with Crippen molar-refractivity contribution < 1.29 is 14.7 Å². The van der Waals surface area contributed by atoms with Crippen LogP contribution in [0.5, 0.6) is 0 Å². The lowest BCUT2D eigenvalue weighted by Crippen LogP contribution is -2.35. The molecule has 1 unspecified atom stereocenters. The highest BCUT2D eigenvalue weighted by Crippen LogP contribution is 2.06. The summed E-state index contributed by atoms with van der Waals surface area (Å²) in [6.07, 6.45) is 3.19. The van der Waals surface area contributed by atoms with Crippen molar-refractivity contribution in [2.24, 2.45) is 5.73 Å². The monoisotopic (exact) mass is 240 g/mol. The predicted molar refractivity (Wildman–Crippen MR) is 61.4 cm³/mol. The topological polar surface area (TPSA) is 110 Å². The number of carboxylic acids is 1. The fraction of sp³-hybridized carbons (Fsp3) is 0.500. The largest absolute Gasteiger partial charge is 0.481 e. The standard InChI is InChI=1S/C10H16N4O3/c1-2-14-6-7(5-12-14)13-10(17)8(11)3-4-9(15)16/h5-6,8H,2-4,11H2,1H3,(H,13,17)(H,15,16). The molecular formula is C10H16N4O3. The van der Waals surface area contributed by atoms with Crippen molar-refractivity contribution in [2.75, 3.05) is 5.32 Å². The Morgan fingerprint density at radius 2 is 2.35 bits per heavy atom. The van der Waals surface area contributed by atoms with Gasteiger partial charge in [0.15, 0.2) is 0 Å². The van der Waals surface area contributed by atoms with Gasteiger partial charge in [0.25, 0.3) is 0 Å². The third-order valence-electron chi connectivity index (χ3n) is 2.23. The van der Waals surface area contributed by atoms with Gasteiger partial charge in [-0.25, -0.2) is 0 Å². The molecule has 0 fully saturated rings. The van der Waals surface area contributed by atoms with Crippen LogP contribution in [0.4, 0.5) is 5.69 Å². The molecule has 4 N–H and O–H groups in total. The van der Waals surface area contributed by atoms with Crippen molar-refractivity contribution in [2.45, 2.75) is 32.4 Å². The number of nitrogens with zero attached hydrogens (tertiary/aromatic N) is 2. The molecule has 7 heteroatoms. The molecule has 0 aromatic carbocycles. The fourth-order valence-electron chi connectivity index (χ4n) is 1.25. The van der Waals surface area contributed by atoms with Crippen LogP contribution in [0.2, 0.25) is 0 Å². The molecule has 17 heavy (non-hydrogen) atoms. The van der Waals surface area contributed by atoms with Crippen LogP contribution < -0.4 is 11.1 Å². The highest BCUT2D eigenvalue weighted by atomic mass is 16.4. The van der Waals surface area contributed by atoms with E-state index in [1.807, 2.05) is 6.92 Å². The van der Waals surface area contributed by atoms with E-state index in [9.17, 15) is 9.59 Å². The summed E-state index contributed by atoms with van der Waals surface area (Å²) in [6, 6.07) is -0.823. The fourth-order valence-corrected chi connectivity index (χ4v) is 1.25. The van der Waals surface area contributed by atoms with E-state index in [4.69, 9.17) is 10.8 Å². The number of hydrogen-bond acceptors (Lipinski definition) is 4. The Balaban J connectivity index is 2.45. The molecule has 0 aliphatic carbocycles. The zero-order valence-electron chi connectivity index (χ0n) is 9.59. The van der Waals surface area contributed by atoms with E-state index < -0.39 is 17.9 Å². The van der Waals surface area contributed by atoms with Crippen LogP contribution >= 0.6 is 0 Å². The average molecular weight is 240 g/mol. The van der Waals surface area contributed by atoms with Crippen LogP contribution in [0.3, 0.4) is 0 Å². The van der Waals surface area contributed by atoms with E-state index in [-0.39, 0.29) is 12.8 Å². The molecule has 1 atom stereocenters. The molecule has 0 saturated carbocycles. The van der Waals surface area contributed by atoms with Crippen LogP contribution in [-0.4, -0.2) is 32.8 Å². The van der Waals surface area contributed by atoms with Gasteiger partial charge in [0.2, 0.25) is 5.91 Å². The van der Waals surface area contributed by atoms with Gasteiger partial charge in [-0.2, -0.15) is 5.10 Å². The predicted octanol–water partition coefficient (Wildman–Crippen LogP) is 0.0336. The highest BCUT2D eigenvalue weighted by molar-refractivity contribution is 5.94. The van der Waals surface area contributed by atoms with Crippen LogP contribution in [0.1, 0.15) is 19.8 Å². The molecule has 0 aliphatic rings. The van der Waals surface area contributed by atoms with E-state index in [0.717, 1.165) is 0 Å². The third kappa shape index (κ3) is 4.23. The Kier molecular flexibility index (Phi) is 4.65. The summed E-state index contributed by atoms with van der Waals surface area (Å²) in [4.78, 5) is 21.9. The number of aryl methyl sites for hydroxylation is 1. The lowest BCUT2D eigenvalue weighted by atomic mass is 10.1. The van der Waals surface area contributed by atoms with E-state index in [2.05, 4.69) is 10.4 Å². The van der Waals surface area contributed by atoms with Crippen molar-refractivity contribution >= 4 is 17.6 Å². The van der Waals surface area contributed by atoms with Gasteiger partial charge in [0.05, 0.1) is 17.9 Å². The second-order valence-corrected chi connectivity index (χ2v) is 3.61. The second kappa shape index (κ2) is 6.00. The van der Waals surface area contributed by atoms with Crippen molar-refractivity contribution in [1.82, 2.24) is 9.78 Å². The van der Waals surface area contributed by atoms with E-state index in [1.165, 1.54) is 6.20 Å². The summed E-state index contributed by atoms with van der Waals surface area (Å²) in [6.45, 7) is 2.64. The van der Waals surface area contributed by atoms with Gasteiger partial charge >= 0.3 is 5.97 Å². The van der Waals surface area contributed by atoms with Gasteiger partial charge in [0, 0.05) is 19.2 Å². The molecule has 0 aliphatic heterocycles. The number of nitrogens with one attached hydrogen (secondary N) is 1. The molecule has 0 saturated heterocycles. The molecule has 0 bridgehead atoms. The number of rotatable bonds is 6. The van der Waals surface area contributed by atoms with Crippen LogP contribution in [0, 0.1) is 0 Å². The average Bonchev–Trinajstić information content (AvgIpc) is 2.73. The molecule has 94 valence electrons. The summed E-state index contributed by atoms with van der Waals surface area (Å²) in [5.41, 5.74) is 6.11. The molecule has 1 aromatic heterocycles. The normalized spacial score (nSPS) is 12.1. The number of aromatic nitrogens is 2. The first-order chi connectivity index (χ1) is 8.02. The maximum absolute atomic E-state index is 11.6. The van der Waals surface area contributed by atoms with Gasteiger partial charge in [-0.15, -0.1) is 0 Å². The first kappa shape index (κ1) is 13.2. The number of nitrogens with two attached hydrogens (primary N) is 1. The van der Waals surface area contributed by atoms with Crippen molar-refractivity contribution in [1.29, 1.82) is 0 Å². The minimum atomic E-state index is -0.966. The Hall–Kier alpha value is -1.89. The van der Waals surface area contributed by atoms with Gasteiger partial charge in [-0.05, 0) is 13.3 Å². The number of carbonyl (C=O) groups excluding carboxylic acids is 1. The molecule has 0 radical (unpaired) electrons. The van der Waals surface area contributed by atoms with Crippen molar-refractivity contribution in [3.05, 3.63) is 12.4 Å². The molecule has 1 aromatic rings. The van der Waals surface area contributed by atoms with E-state index in [0.29, 0.717) is 12.2 Å². The SMILES string of the molecule is CCn1cc(NC(=O)C(N)CCC(=O)O)cn1. The maximum atomic E-state index is 11.6. The van der Waals surface area contributed by atoms with Crippen LogP contribution in [-0.2, 0) is 16.1 Å². The van der Waals surface area contributed by atoms with Crippen LogP contribution in [0.15, 0.2) is 12.4 Å². The van der Waals surface area contributed by atoms with E-state index >= 15 is 0 Å². The summed E-state index contributed by atoms with van der Waals surface area (Å²) >= 11 is 0. The summed E-state index contributed by atoms with van der Waals surface area (Å²) in [7, 11) is 0. The maximum Gasteiger partial charge on any atom is 0.303 e. The van der Waals surface area contributed by atoms with Crippen LogP contribution in [0.25, 0.3) is 0 Å². The third-order valence-corrected chi connectivity index (χ3v) is 2.23. The summed E-state index contributed by atoms with van der Waals surface area (Å²) < 4.78 is 1.67. The van der Waals surface area contributed by atoms with E-state index in [1.54, 1.807) is 10.9 Å². The first-order valence-electron chi connectivity index (χ1n) is 5.33. The minimum absolute atomic E-state index is 0.114. The van der Waals surface area contributed by atoms with Crippen molar-refractivity contribution in [3.8, 4) is 0 Å². The Morgan fingerprint density at radius 3 is 2.88 bits per heavy atom. The lowest BCUT2D eigenvalue weighted by Gasteiger charge is -2.09. The number of hydrogen-bond donors (Lipinski definition) is 3. The first-order valence-corrected chi connectivity index (χ1v) is 5.33. The number of amides is 1. The molecule has 7 nitrogen and oxygen atoms in total. The Bertz CT molecular complexity index is 402. The Labute approximate surface area is 98.6 Å². The van der Waals surface area contributed by atoms with Gasteiger partial charge in [0.1, 0.15) is 0 Å². The summed E-state index contributed by atoms with van der Waals surface area (Å²) in [5.74, 6) is -1.37. The Morgan fingerprint density at radius 1 is 1.65 bits per heavy atom.